The van der Waals surface area contributed by atoms with Crippen LogP contribution in [0.2, 0.25) is 0 Å². The Morgan fingerprint density at radius 3 is 2.85 bits per heavy atom. The molecule has 1 aromatic heterocycles. The Hall–Kier alpha value is -2.25. The van der Waals surface area contributed by atoms with Crippen LogP contribution in [0.15, 0.2) is 16.4 Å². The highest BCUT2D eigenvalue weighted by Crippen LogP contribution is 1.89. The van der Waals surface area contributed by atoms with Crippen LogP contribution >= 0.6 is 0 Å². The summed E-state index contributed by atoms with van der Waals surface area (Å²) in [6.45, 7) is 0. The summed E-state index contributed by atoms with van der Waals surface area (Å²) in [4.78, 5) is 3.77. The number of anilines is 1. The third kappa shape index (κ3) is 3.10. The molecular weight excluding hydrogens is 172 g/mol. The van der Waals surface area contributed by atoms with Crippen LogP contribution in [0.4, 0.5) is 5.95 Å². The van der Waals surface area contributed by atoms with Crippen molar-refractivity contribution in [1.82, 2.24) is 15.2 Å². The fraction of sp³-hybridized carbons (Fsp3) is 0. The van der Waals surface area contributed by atoms with E-state index in [1.807, 2.05) is 0 Å². The topological polar surface area (TPSA) is 141 Å². The van der Waals surface area contributed by atoms with Gasteiger partial charge in [-0.1, -0.05) is 0 Å². The maximum atomic E-state index is 5.26. The van der Waals surface area contributed by atoms with Gasteiger partial charge in [0.15, 0.2) is 0 Å². The highest BCUT2D eigenvalue weighted by Gasteiger charge is 1.91. The van der Waals surface area contributed by atoms with Crippen molar-refractivity contribution < 1.29 is 0 Å². The number of nitrogens with two attached hydrogens (primary N) is 3. The molecule has 0 aliphatic carbocycles. The molecule has 0 aliphatic rings. The summed E-state index contributed by atoms with van der Waals surface area (Å²) in [6.07, 6.45) is 2.69. The first-order valence-corrected chi connectivity index (χ1v) is 3.25. The highest BCUT2D eigenvalue weighted by atomic mass is 15.3. The molecule has 0 atom stereocenters. The zero-order valence-corrected chi connectivity index (χ0v) is 6.62. The van der Waals surface area contributed by atoms with Crippen LogP contribution in [0.25, 0.3) is 0 Å². The van der Waals surface area contributed by atoms with E-state index in [0.29, 0.717) is 5.69 Å². The van der Waals surface area contributed by atoms with Crippen molar-refractivity contribution in [3.63, 3.8) is 0 Å². The lowest BCUT2D eigenvalue weighted by Gasteiger charge is -1.90. The zero-order valence-electron chi connectivity index (χ0n) is 6.62. The molecule has 8 heteroatoms. The predicted molar refractivity (Wildman–Crippen MR) is 47.6 cm³/mol. The molecule has 0 fully saturated rings. The molecule has 8 nitrogen and oxygen atoms in total. The van der Waals surface area contributed by atoms with Gasteiger partial charge in [0.05, 0.1) is 12.4 Å². The Kier molecular flexibility index (Phi) is 2.69. The van der Waals surface area contributed by atoms with E-state index in [0.717, 1.165) is 0 Å². The van der Waals surface area contributed by atoms with Crippen LogP contribution < -0.4 is 17.2 Å². The summed E-state index contributed by atoms with van der Waals surface area (Å²) in [6, 6.07) is 0. The van der Waals surface area contributed by atoms with Crippen LogP contribution in [0.3, 0.4) is 0 Å². The molecule has 0 spiro atoms. The fourth-order valence-corrected chi connectivity index (χ4v) is 0.548. The molecule has 1 heterocycles. The molecule has 0 aliphatic heterocycles. The first kappa shape index (κ1) is 8.84. The first-order valence-electron chi connectivity index (χ1n) is 3.25. The molecule has 1 aromatic rings. The molecule has 13 heavy (non-hydrogen) atoms. The van der Waals surface area contributed by atoms with Gasteiger partial charge in [-0.05, 0) is 0 Å². The van der Waals surface area contributed by atoms with Crippen molar-refractivity contribution in [3.8, 4) is 0 Å². The van der Waals surface area contributed by atoms with Crippen LogP contribution in [0.5, 0.6) is 0 Å². The van der Waals surface area contributed by atoms with E-state index in [4.69, 9.17) is 17.2 Å². The maximum absolute atomic E-state index is 5.26. The van der Waals surface area contributed by atoms with E-state index >= 15 is 0 Å². The minimum Gasteiger partial charge on any atom is -0.369 e. The van der Waals surface area contributed by atoms with Gasteiger partial charge in [-0.15, -0.1) is 10.2 Å². The quantitative estimate of drug-likeness (QED) is 0.274. The predicted octanol–water partition coefficient (Wildman–Crippen LogP) is -1.94. The third-order valence-corrected chi connectivity index (χ3v) is 0.957. The Labute approximate surface area is 73.6 Å². The van der Waals surface area contributed by atoms with Gasteiger partial charge >= 0.3 is 0 Å². The van der Waals surface area contributed by atoms with Crippen molar-refractivity contribution >= 4 is 18.1 Å². The van der Waals surface area contributed by atoms with Gasteiger partial charge in [-0.2, -0.15) is 10.2 Å². The molecule has 68 valence electrons. The van der Waals surface area contributed by atoms with E-state index < -0.39 is 0 Å². The molecule has 0 amide bonds. The third-order valence-electron chi connectivity index (χ3n) is 0.957. The smallest absolute Gasteiger partial charge is 0.240 e. The van der Waals surface area contributed by atoms with E-state index in [2.05, 4.69) is 25.4 Å². The maximum Gasteiger partial charge on any atom is 0.240 e. The van der Waals surface area contributed by atoms with E-state index in [1.165, 1.54) is 12.4 Å². The summed E-state index contributed by atoms with van der Waals surface area (Å²) < 4.78 is 0. The minimum atomic E-state index is -0.133. The summed E-state index contributed by atoms with van der Waals surface area (Å²) in [5.74, 6) is -0.0695. The summed E-state index contributed by atoms with van der Waals surface area (Å²) in [7, 11) is 0. The van der Waals surface area contributed by atoms with E-state index in [-0.39, 0.29) is 11.9 Å². The molecule has 0 unspecified atom stereocenters. The monoisotopic (exact) mass is 180 g/mol. The Bertz CT molecular complexity index is 338. The average Bonchev–Trinajstić information content (AvgIpc) is 2.03. The lowest BCUT2D eigenvalue weighted by molar-refractivity contribution is 0.979. The van der Waals surface area contributed by atoms with Gasteiger partial charge in [0.25, 0.3) is 0 Å². The van der Waals surface area contributed by atoms with Crippen LogP contribution in [-0.4, -0.2) is 27.4 Å². The fourth-order valence-electron chi connectivity index (χ4n) is 0.548. The van der Waals surface area contributed by atoms with Crippen molar-refractivity contribution in [3.05, 3.63) is 11.9 Å². The zero-order chi connectivity index (χ0) is 9.68. The van der Waals surface area contributed by atoms with Crippen molar-refractivity contribution in [1.29, 1.82) is 0 Å². The van der Waals surface area contributed by atoms with Crippen molar-refractivity contribution in [2.75, 3.05) is 5.73 Å². The SMILES string of the molecule is NC(N)=N/N=C/c1cnnc(N)n1. The number of rotatable bonds is 2. The van der Waals surface area contributed by atoms with Crippen LogP contribution in [0, 0.1) is 0 Å². The number of guanidine groups is 1. The molecular formula is C5H8N8. The Morgan fingerprint density at radius 1 is 1.46 bits per heavy atom. The molecule has 0 aromatic carbocycles. The number of aromatic nitrogens is 3. The molecule has 6 N–H and O–H groups in total. The minimum absolute atomic E-state index is 0.0636. The van der Waals surface area contributed by atoms with Gasteiger partial charge in [0.2, 0.25) is 11.9 Å². The molecule has 1 rings (SSSR count). The van der Waals surface area contributed by atoms with Gasteiger partial charge in [-0.3, -0.25) is 0 Å². The van der Waals surface area contributed by atoms with Crippen LogP contribution in [0.1, 0.15) is 5.69 Å². The van der Waals surface area contributed by atoms with Gasteiger partial charge < -0.3 is 17.2 Å². The average molecular weight is 180 g/mol. The highest BCUT2D eigenvalue weighted by molar-refractivity contribution is 5.79. The lowest BCUT2D eigenvalue weighted by atomic mass is 10.5. The molecule has 0 saturated carbocycles. The number of nitrogens with zero attached hydrogens (tertiary/aromatic N) is 5. The van der Waals surface area contributed by atoms with Gasteiger partial charge in [0, 0.05) is 0 Å². The summed E-state index contributed by atoms with van der Waals surface area (Å²) in [5, 5.41) is 13.9. The standard InChI is InChI=1S/C5H8N8/c6-4(7)12-9-1-3-2-10-13-5(8)11-3/h1-2H,(H4,6,7,12)(H2,8,11,13)/b9-1+. The number of hydrogen-bond acceptors (Lipinski definition) is 6. The van der Waals surface area contributed by atoms with Gasteiger partial charge in [-0.25, -0.2) is 4.98 Å². The number of nitrogen functional groups attached to an aromatic ring is 1. The molecule has 0 saturated heterocycles. The van der Waals surface area contributed by atoms with Crippen molar-refractivity contribution in [2.45, 2.75) is 0 Å². The Morgan fingerprint density at radius 2 is 2.23 bits per heavy atom. The van der Waals surface area contributed by atoms with E-state index in [9.17, 15) is 0 Å². The normalized spacial score (nSPS) is 10.2. The second-order valence-electron chi connectivity index (χ2n) is 2.01. The molecule has 0 bridgehead atoms. The van der Waals surface area contributed by atoms with E-state index in [1.54, 1.807) is 0 Å². The Balaban J connectivity index is 2.75. The largest absolute Gasteiger partial charge is 0.369 e. The number of hydrogen-bond donors (Lipinski definition) is 3. The van der Waals surface area contributed by atoms with Crippen LogP contribution in [-0.2, 0) is 0 Å². The van der Waals surface area contributed by atoms with Gasteiger partial charge in [0.1, 0.15) is 5.69 Å². The summed E-state index contributed by atoms with van der Waals surface area (Å²) in [5.41, 5.74) is 15.7. The first-order chi connectivity index (χ1) is 6.18. The second kappa shape index (κ2) is 3.95. The second-order valence-corrected chi connectivity index (χ2v) is 2.01. The summed E-state index contributed by atoms with van der Waals surface area (Å²) >= 11 is 0. The molecule has 0 radical (unpaired) electrons. The lowest BCUT2D eigenvalue weighted by Crippen LogP contribution is -2.21. The van der Waals surface area contributed by atoms with Crippen molar-refractivity contribution in [2.24, 2.45) is 21.7 Å².